The Balaban J connectivity index is 2.26. The maximum atomic E-state index is 12.5. The summed E-state index contributed by atoms with van der Waals surface area (Å²) in [4.78, 5) is 12.5. The van der Waals surface area contributed by atoms with Crippen LogP contribution in [0.25, 0.3) is 0 Å². The largest absolute Gasteiger partial charge is 0.462 e. The molecule has 0 amide bonds. The first-order valence-electron chi connectivity index (χ1n) is 10.7. The fourth-order valence-electron chi connectivity index (χ4n) is 4.04. The third-order valence-corrected chi connectivity index (χ3v) is 5.87. The molecule has 1 fully saturated rings. The number of hydrogen-bond acceptors (Lipinski definition) is 2. The highest BCUT2D eigenvalue weighted by atomic mass is 16.5. The van der Waals surface area contributed by atoms with E-state index in [1.54, 1.807) is 0 Å². The van der Waals surface area contributed by atoms with Crippen molar-refractivity contribution in [3.8, 4) is 0 Å². The van der Waals surface area contributed by atoms with Crippen molar-refractivity contribution in [2.45, 2.75) is 111 Å². The Bertz CT molecular complexity index is 337. The van der Waals surface area contributed by atoms with Gasteiger partial charge >= 0.3 is 5.97 Å². The maximum absolute atomic E-state index is 12.5. The van der Waals surface area contributed by atoms with E-state index >= 15 is 0 Å². The van der Waals surface area contributed by atoms with Crippen molar-refractivity contribution >= 4 is 5.97 Å². The van der Waals surface area contributed by atoms with Crippen LogP contribution in [0.15, 0.2) is 0 Å². The second kappa shape index (κ2) is 11.9. The molecule has 142 valence electrons. The van der Waals surface area contributed by atoms with E-state index in [1.807, 2.05) is 0 Å². The minimum atomic E-state index is 0.0470. The molecule has 0 aliphatic heterocycles. The summed E-state index contributed by atoms with van der Waals surface area (Å²) in [7, 11) is 0. The molecule has 1 saturated carbocycles. The van der Waals surface area contributed by atoms with Crippen LogP contribution in [0.1, 0.15) is 105 Å². The van der Waals surface area contributed by atoms with Crippen molar-refractivity contribution in [3.63, 3.8) is 0 Å². The van der Waals surface area contributed by atoms with E-state index in [-0.39, 0.29) is 18.0 Å². The van der Waals surface area contributed by atoms with E-state index in [2.05, 4.69) is 34.6 Å². The van der Waals surface area contributed by atoms with Gasteiger partial charge in [0.25, 0.3) is 0 Å². The minimum absolute atomic E-state index is 0.0470. The Kier molecular flexibility index (Phi) is 10.7. The van der Waals surface area contributed by atoms with Crippen LogP contribution in [0.4, 0.5) is 0 Å². The normalized spacial score (nSPS) is 25.7. The molecule has 0 saturated heterocycles. The number of carbonyl (C=O) groups is 1. The van der Waals surface area contributed by atoms with E-state index in [9.17, 15) is 4.79 Å². The van der Waals surface area contributed by atoms with Crippen molar-refractivity contribution in [1.82, 2.24) is 0 Å². The predicted octanol–water partition coefficient (Wildman–Crippen LogP) is 6.77. The molecule has 0 N–H and O–H groups in total. The Hall–Kier alpha value is -0.530. The zero-order valence-electron chi connectivity index (χ0n) is 17.0. The monoisotopic (exact) mass is 338 g/mol. The maximum Gasteiger partial charge on any atom is 0.308 e. The van der Waals surface area contributed by atoms with Gasteiger partial charge in [-0.1, -0.05) is 86.0 Å². The van der Waals surface area contributed by atoms with E-state index in [0.717, 1.165) is 19.3 Å². The Labute approximate surface area is 151 Å². The van der Waals surface area contributed by atoms with Gasteiger partial charge in [-0.2, -0.15) is 0 Å². The lowest BCUT2D eigenvalue weighted by Gasteiger charge is -2.37. The van der Waals surface area contributed by atoms with Crippen LogP contribution in [0.5, 0.6) is 0 Å². The average molecular weight is 339 g/mol. The van der Waals surface area contributed by atoms with Gasteiger partial charge in [0.05, 0.1) is 5.92 Å². The molecule has 4 atom stereocenters. The third kappa shape index (κ3) is 8.03. The number of esters is 1. The van der Waals surface area contributed by atoms with E-state index in [0.29, 0.717) is 17.8 Å². The molecule has 4 unspecified atom stereocenters. The Morgan fingerprint density at radius 1 is 1.00 bits per heavy atom. The summed E-state index contributed by atoms with van der Waals surface area (Å²) >= 11 is 0. The lowest BCUT2D eigenvalue weighted by Crippen LogP contribution is -2.37. The quantitative estimate of drug-likeness (QED) is 0.307. The molecule has 0 aromatic carbocycles. The lowest BCUT2D eigenvalue weighted by molar-refractivity contribution is -0.160. The van der Waals surface area contributed by atoms with E-state index < -0.39 is 0 Å². The molecule has 2 nitrogen and oxygen atoms in total. The molecular weight excluding hydrogens is 296 g/mol. The fourth-order valence-corrected chi connectivity index (χ4v) is 4.04. The molecule has 0 heterocycles. The molecule has 0 spiro atoms. The summed E-state index contributed by atoms with van der Waals surface area (Å²) in [5, 5.41) is 0. The third-order valence-electron chi connectivity index (χ3n) is 5.87. The van der Waals surface area contributed by atoms with Gasteiger partial charge in [0.15, 0.2) is 0 Å². The van der Waals surface area contributed by atoms with Crippen LogP contribution in [0.2, 0.25) is 0 Å². The van der Waals surface area contributed by atoms with Crippen LogP contribution < -0.4 is 0 Å². The second-order valence-corrected chi connectivity index (χ2v) is 8.61. The van der Waals surface area contributed by atoms with Crippen molar-refractivity contribution in [2.24, 2.45) is 23.7 Å². The highest BCUT2D eigenvalue weighted by molar-refractivity contribution is 5.72. The summed E-state index contributed by atoms with van der Waals surface area (Å²) < 4.78 is 5.97. The Morgan fingerprint density at radius 3 is 2.25 bits per heavy atom. The van der Waals surface area contributed by atoms with Gasteiger partial charge in [-0.3, -0.25) is 4.79 Å². The summed E-state index contributed by atoms with van der Waals surface area (Å²) in [6.45, 7) is 11.1. The van der Waals surface area contributed by atoms with E-state index in [1.165, 1.54) is 51.4 Å². The summed E-state index contributed by atoms with van der Waals surface area (Å²) in [6, 6.07) is 0. The van der Waals surface area contributed by atoms with Gasteiger partial charge < -0.3 is 4.74 Å². The van der Waals surface area contributed by atoms with E-state index in [4.69, 9.17) is 4.74 Å². The molecule has 0 bridgehead atoms. The highest BCUT2D eigenvalue weighted by Gasteiger charge is 2.34. The smallest absolute Gasteiger partial charge is 0.308 e. The number of ether oxygens (including phenoxy) is 1. The van der Waals surface area contributed by atoms with Gasteiger partial charge in [-0.05, 0) is 37.0 Å². The van der Waals surface area contributed by atoms with Crippen molar-refractivity contribution < 1.29 is 9.53 Å². The number of hydrogen-bond donors (Lipinski definition) is 0. The fraction of sp³-hybridized carbons (Fsp3) is 0.955. The number of unbranched alkanes of at least 4 members (excludes halogenated alkanes) is 6. The lowest BCUT2D eigenvalue weighted by atomic mass is 9.75. The summed E-state index contributed by atoms with van der Waals surface area (Å²) in [5.41, 5.74) is 0. The SMILES string of the molecule is CCCCCCCCCC(C)C(=O)OC1CC(C)CCC1C(C)C. The first-order chi connectivity index (χ1) is 11.5. The molecule has 1 aliphatic rings. The summed E-state index contributed by atoms with van der Waals surface area (Å²) in [6.07, 6.45) is 13.8. The molecule has 0 aromatic heterocycles. The van der Waals surface area contributed by atoms with Gasteiger partial charge in [0.1, 0.15) is 6.10 Å². The number of carbonyl (C=O) groups excluding carboxylic acids is 1. The standard InChI is InChI=1S/C22H42O2/c1-6-7-8-9-10-11-12-13-19(5)22(23)24-21-16-18(4)14-15-20(21)17(2)3/h17-21H,6-16H2,1-5H3. The molecule has 1 rings (SSSR count). The summed E-state index contributed by atoms with van der Waals surface area (Å²) in [5.74, 6) is 1.96. The van der Waals surface area contributed by atoms with Crippen molar-refractivity contribution in [1.29, 1.82) is 0 Å². The van der Waals surface area contributed by atoms with Gasteiger partial charge in [0, 0.05) is 0 Å². The van der Waals surface area contributed by atoms with Gasteiger partial charge in [-0.25, -0.2) is 0 Å². The van der Waals surface area contributed by atoms with Crippen LogP contribution in [-0.4, -0.2) is 12.1 Å². The molecule has 0 aromatic rings. The first-order valence-corrected chi connectivity index (χ1v) is 10.7. The average Bonchev–Trinajstić information content (AvgIpc) is 2.53. The van der Waals surface area contributed by atoms with Crippen molar-refractivity contribution in [3.05, 3.63) is 0 Å². The Morgan fingerprint density at radius 2 is 1.62 bits per heavy atom. The minimum Gasteiger partial charge on any atom is -0.462 e. The highest BCUT2D eigenvalue weighted by Crippen LogP contribution is 2.35. The molecule has 2 heteroatoms. The van der Waals surface area contributed by atoms with Crippen molar-refractivity contribution in [2.75, 3.05) is 0 Å². The number of rotatable bonds is 11. The van der Waals surface area contributed by atoms with Crippen LogP contribution in [0.3, 0.4) is 0 Å². The zero-order valence-corrected chi connectivity index (χ0v) is 17.0. The van der Waals surface area contributed by atoms with Crippen LogP contribution in [-0.2, 0) is 9.53 Å². The predicted molar refractivity (Wildman–Crippen MR) is 103 cm³/mol. The second-order valence-electron chi connectivity index (χ2n) is 8.61. The molecule has 24 heavy (non-hydrogen) atoms. The molecule has 1 aliphatic carbocycles. The first kappa shape index (κ1) is 21.5. The topological polar surface area (TPSA) is 26.3 Å². The molecular formula is C22H42O2. The molecule has 0 radical (unpaired) electrons. The van der Waals surface area contributed by atoms with Crippen LogP contribution >= 0.6 is 0 Å². The van der Waals surface area contributed by atoms with Crippen LogP contribution in [0, 0.1) is 23.7 Å². The zero-order chi connectivity index (χ0) is 17.9. The van der Waals surface area contributed by atoms with Gasteiger partial charge in [-0.15, -0.1) is 0 Å². The van der Waals surface area contributed by atoms with Gasteiger partial charge in [0.2, 0.25) is 0 Å².